The molecule has 0 heterocycles. The highest BCUT2D eigenvalue weighted by Crippen LogP contribution is 2.15. The van der Waals surface area contributed by atoms with Crippen molar-refractivity contribution >= 4 is 6.29 Å². The van der Waals surface area contributed by atoms with Gasteiger partial charge in [0.25, 0.3) is 0 Å². The number of rotatable bonds is 8. The number of carbonyl (C=O) groups is 1. The van der Waals surface area contributed by atoms with E-state index in [2.05, 4.69) is 37.8 Å². The van der Waals surface area contributed by atoms with E-state index in [1.165, 1.54) is 5.57 Å². The van der Waals surface area contributed by atoms with Gasteiger partial charge in [-0.25, -0.2) is 0 Å². The van der Waals surface area contributed by atoms with Crippen molar-refractivity contribution in [2.75, 3.05) is 0 Å². The maximum absolute atomic E-state index is 10.8. The zero-order valence-corrected chi connectivity index (χ0v) is 11.7. The normalized spacial score (nSPS) is 15.3. The monoisotopic (exact) mass is 244 g/mol. The fourth-order valence-corrected chi connectivity index (χ4v) is 1.57. The number of allylic oxidation sites excluding steroid dienone is 9. The summed E-state index contributed by atoms with van der Waals surface area (Å²) in [5.41, 5.74) is 1.99. The zero-order valence-electron chi connectivity index (χ0n) is 11.7. The van der Waals surface area contributed by atoms with Crippen LogP contribution in [0.15, 0.2) is 60.3 Å². The molecule has 0 saturated heterocycles. The van der Waals surface area contributed by atoms with Crippen LogP contribution in [0.25, 0.3) is 0 Å². The van der Waals surface area contributed by atoms with Gasteiger partial charge in [0.15, 0.2) is 0 Å². The summed E-state index contributed by atoms with van der Waals surface area (Å²) in [4.78, 5) is 10.8. The predicted molar refractivity (Wildman–Crippen MR) is 80.5 cm³/mol. The van der Waals surface area contributed by atoms with Gasteiger partial charge < -0.3 is 0 Å². The van der Waals surface area contributed by atoms with E-state index in [1.54, 1.807) is 0 Å². The van der Waals surface area contributed by atoms with E-state index in [9.17, 15) is 4.79 Å². The largest absolute Gasteiger partial charge is 0.298 e. The third-order valence-electron chi connectivity index (χ3n) is 2.63. The molecule has 1 atom stereocenters. The van der Waals surface area contributed by atoms with Gasteiger partial charge in [-0.05, 0) is 31.3 Å². The molecule has 1 heteroatoms. The van der Waals surface area contributed by atoms with Crippen LogP contribution in [0.2, 0.25) is 0 Å². The molecule has 1 nitrogen and oxygen atoms in total. The summed E-state index contributed by atoms with van der Waals surface area (Å²) in [6, 6.07) is 0. The van der Waals surface area contributed by atoms with Gasteiger partial charge in [0.05, 0.1) is 0 Å². The summed E-state index contributed by atoms with van der Waals surface area (Å²) in [5.74, 6) is 0.302. The first kappa shape index (κ1) is 16.4. The zero-order chi connectivity index (χ0) is 13.8. The van der Waals surface area contributed by atoms with Crippen molar-refractivity contribution in [3.05, 3.63) is 60.3 Å². The predicted octanol–water partition coefficient (Wildman–Crippen LogP) is 4.79. The van der Waals surface area contributed by atoms with Crippen LogP contribution in [0.4, 0.5) is 0 Å². The van der Waals surface area contributed by atoms with E-state index in [0.29, 0.717) is 5.92 Å². The van der Waals surface area contributed by atoms with Gasteiger partial charge in [-0.15, -0.1) is 6.58 Å². The molecule has 0 spiro atoms. The first-order valence-electron chi connectivity index (χ1n) is 6.46. The molecule has 0 aromatic rings. The molecular formula is C17H24O. The second kappa shape index (κ2) is 10.5. The molecule has 0 bridgehead atoms. The standard InChI is InChI=1S/C17H24O/c1-5-8-9-11-17(7-3)15(4)12-13-16(14-18)10-6-2/h5,7,9-15H,1,6,8H2,2-4H3/b11-9-,13-12-,16-10+,17-7+. The number of aldehydes is 1. The van der Waals surface area contributed by atoms with Crippen LogP contribution >= 0.6 is 0 Å². The van der Waals surface area contributed by atoms with Crippen molar-refractivity contribution in [1.82, 2.24) is 0 Å². The molecule has 0 aromatic carbocycles. The lowest BCUT2D eigenvalue weighted by atomic mass is 9.98. The Balaban J connectivity index is 4.67. The van der Waals surface area contributed by atoms with Crippen molar-refractivity contribution in [3.8, 4) is 0 Å². The Hall–Kier alpha value is -1.63. The summed E-state index contributed by atoms with van der Waals surface area (Å²) < 4.78 is 0. The Kier molecular flexibility index (Phi) is 9.57. The molecule has 0 aliphatic rings. The van der Waals surface area contributed by atoms with Crippen LogP contribution in [-0.4, -0.2) is 6.29 Å². The summed E-state index contributed by atoms with van der Waals surface area (Å²) >= 11 is 0. The molecule has 18 heavy (non-hydrogen) atoms. The van der Waals surface area contributed by atoms with E-state index in [4.69, 9.17) is 0 Å². The smallest absolute Gasteiger partial charge is 0.149 e. The SMILES string of the molecule is C=CC/C=C\C(=C/C)C(C)/C=C\C(C=O)=C/CC. The number of hydrogen-bond acceptors (Lipinski definition) is 1. The highest BCUT2D eigenvalue weighted by molar-refractivity contribution is 5.77. The molecule has 98 valence electrons. The lowest BCUT2D eigenvalue weighted by Gasteiger charge is -2.07. The van der Waals surface area contributed by atoms with E-state index in [-0.39, 0.29) is 0 Å². The Morgan fingerprint density at radius 3 is 2.56 bits per heavy atom. The summed E-state index contributed by atoms with van der Waals surface area (Å²) in [6.45, 7) is 9.86. The first-order chi connectivity index (χ1) is 8.69. The average Bonchev–Trinajstić information content (AvgIpc) is 2.39. The minimum absolute atomic E-state index is 0.302. The third-order valence-corrected chi connectivity index (χ3v) is 2.63. The number of hydrogen-bond donors (Lipinski definition) is 0. The minimum atomic E-state index is 0.302. The topological polar surface area (TPSA) is 17.1 Å². The van der Waals surface area contributed by atoms with Crippen molar-refractivity contribution in [2.45, 2.75) is 33.6 Å². The fourth-order valence-electron chi connectivity index (χ4n) is 1.57. The van der Waals surface area contributed by atoms with E-state index >= 15 is 0 Å². The van der Waals surface area contributed by atoms with Crippen molar-refractivity contribution < 1.29 is 4.79 Å². The van der Waals surface area contributed by atoms with Crippen molar-refractivity contribution in [2.24, 2.45) is 5.92 Å². The Morgan fingerprint density at radius 2 is 2.06 bits per heavy atom. The van der Waals surface area contributed by atoms with Crippen molar-refractivity contribution in [3.63, 3.8) is 0 Å². The van der Waals surface area contributed by atoms with Gasteiger partial charge >= 0.3 is 0 Å². The molecule has 0 aromatic heterocycles. The van der Waals surface area contributed by atoms with Gasteiger partial charge in [-0.1, -0.05) is 56.4 Å². The van der Waals surface area contributed by atoms with E-state index in [0.717, 1.165) is 24.7 Å². The van der Waals surface area contributed by atoms with Gasteiger partial charge in [0, 0.05) is 5.57 Å². The average molecular weight is 244 g/mol. The maximum Gasteiger partial charge on any atom is 0.149 e. The van der Waals surface area contributed by atoms with Crippen LogP contribution in [0.5, 0.6) is 0 Å². The second-order valence-electron chi connectivity index (χ2n) is 4.09. The molecule has 1 unspecified atom stereocenters. The van der Waals surface area contributed by atoms with Crippen LogP contribution in [-0.2, 0) is 4.79 Å². The minimum Gasteiger partial charge on any atom is -0.298 e. The van der Waals surface area contributed by atoms with Crippen LogP contribution in [0.1, 0.15) is 33.6 Å². The number of carbonyl (C=O) groups excluding carboxylic acids is 1. The summed E-state index contributed by atoms with van der Waals surface area (Å²) in [5, 5.41) is 0. The molecular weight excluding hydrogens is 220 g/mol. The highest BCUT2D eigenvalue weighted by Gasteiger charge is 2.00. The highest BCUT2D eigenvalue weighted by atomic mass is 16.1. The second-order valence-corrected chi connectivity index (χ2v) is 4.09. The van der Waals surface area contributed by atoms with Crippen LogP contribution < -0.4 is 0 Å². The third kappa shape index (κ3) is 6.85. The van der Waals surface area contributed by atoms with Gasteiger partial charge in [0.2, 0.25) is 0 Å². The molecule has 0 N–H and O–H groups in total. The fraction of sp³-hybridized carbons (Fsp3) is 0.353. The molecule has 0 saturated carbocycles. The van der Waals surface area contributed by atoms with E-state index in [1.807, 2.05) is 32.1 Å². The van der Waals surface area contributed by atoms with Crippen LogP contribution in [0, 0.1) is 5.92 Å². The summed E-state index contributed by atoms with van der Waals surface area (Å²) in [6.07, 6.45) is 16.7. The Labute approximate surface area is 111 Å². The molecule has 0 aliphatic carbocycles. The molecule has 0 aliphatic heterocycles. The van der Waals surface area contributed by atoms with Gasteiger partial charge in [-0.2, -0.15) is 0 Å². The Bertz CT molecular complexity index is 367. The lowest BCUT2D eigenvalue weighted by molar-refractivity contribution is -0.104. The molecule has 0 fully saturated rings. The first-order valence-corrected chi connectivity index (χ1v) is 6.46. The van der Waals surface area contributed by atoms with Crippen molar-refractivity contribution in [1.29, 1.82) is 0 Å². The molecule has 0 amide bonds. The summed E-state index contributed by atoms with van der Waals surface area (Å²) in [7, 11) is 0. The van der Waals surface area contributed by atoms with Crippen LogP contribution in [0.3, 0.4) is 0 Å². The van der Waals surface area contributed by atoms with E-state index < -0.39 is 0 Å². The lowest BCUT2D eigenvalue weighted by Crippen LogP contribution is -1.93. The molecule has 0 rings (SSSR count). The van der Waals surface area contributed by atoms with Gasteiger partial charge in [-0.3, -0.25) is 4.79 Å². The maximum atomic E-state index is 10.8. The van der Waals surface area contributed by atoms with Gasteiger partial charge in [0.1, 0.15) is 6.29 Å². The molecule has 0 radical (unpaired) electrons. The quantitative estimate of drug-likeness (QED) is 0.259. The Morgan fingerprint density at radius 1 is 1.33 bits per heavy atom.